The Bertz CT molecular complexity index is 778. The lowest BCUT2D eigenvalue weighted by Gasteiger charge is -2.16. The molecule has 2 N–H and O–H groups in total. The average molecular weight is 405 g/mol. The number of nitrogens with two attached hydrogens (primary N) is 1. The summed E-state index contributed by atoms with van der Waals surface area (Å²) in [5.41, 5.74) is 8.84. The van der Waals surface area contributed by atoms with Crippen LogP contribution < -0.4 is 5.73 Å². The third-order valence-electron chi connectivity index (χ3n) is 3.68. The van der Waals surface area contributed by atoms with Crippen molar-refractivity contribution in [2.45, 2.75) is 12.5 Å². The minimum Gasteiger partial charge on any atom is -0.324 e. The molecule has 0 fully saturated rings. The second kappa shape index (κ2) is 6.30. The maximum atomic E-state index is 6.44. The summed E-state index contributed by atoms with van der Waals surface area (Å²) in [6.45, 7) is 0. The lowest BCUT2D eigenvalue weighted by atomic mass is 9.95. The minimum atomic E-state index is -0.0392. The van der Waals surface area contributed by atoms with E-state index in [9.17, 15) is 0 Å². The molecule has 1 nitrogen and oxygen atoms in total. The van der Waals surface area contributed by atoms with E-state index in [-0.39, 0.29) is 6.04 Å². The van der Waals surface area contributed by atoms with E-state index in [4.69, 9.17) is 5.73 Å². The molecule has 1 atom stereocenters. The maximum Gasteiger partial charge on any atom is 0.0347 e. The van der Waals surface area contributed by atoms with Crippen LogP contribution in [0.1, 0.15) is 17.2 Å². The molecule has 3 heteroatoms. The van der Waals surface area contributed by atoms with Crippen molar-refractivity contribution < 1.29 is 0 Å². The molecular weight excluding hydrogens is 390 g/mol. The van der Waals surface area contributed by atoms with Crippen LogP contribution in [0.25, 0.3) is 10.8 Å². The molecule has 3 rings (SSSR count). The van der Waals surface area contributed by atoms with Crippen molar-refractivity contribution in [3.05, 3.63) is 80.7 Å². The third-order valence-corrected chi connectivity index (χ3v) is 4.89. The van der Waals surface area contributed by atoms with Gasteiger partial charge in [0.15, 0.2) is 0 Å². The molecule has 0 radical (unpaired) electrons. The molecule has 3 aromatic carbocycles. The van der Waals surface area contributed by atoms with E-state index in [1.54, 1.807) is 0 Å². The number of hydrogen-bond donors (Lipinski definition) is 1. The van der Waals surface area contributed by atoms with Gasteiger partial charge in [-0.25, -0.2) is 0 Å². The predicted molar refractivity (Wildman–Crippen MR) is 96.4 cm³/mol. The van der Waals surface area contributed by atoms with Gasteiger partial charge in [-0.3, -0.25) is 0 Å². The van der Waals surface area contributed by atoms with E-state index < -0.39 is 0 Å². The highest BCUT2D eigenvalue weighted by molar-refractivity contribution is 9.11. The van der Waals surface area contributed by atoms with Gasteiger partial charge in [0, 0.05) is 15.0 Å². The van der Waals surface area contributed by atoms with Crippen LogP contribution in [0, 0.1) is 0 Å². The van der Waals surface area contributed by atoms with E-state index in [1.165, 1.54) is 16.3 Å². The molecule has 3 aromatic rings. The fourth-order valence-corrected chi connectivity index (χ4v) is 3.54. The first kappa shape index (κ1) is 14.8. The van der Waals surface area contributed by atoms with Crippen LogP contribution in [0.15, 0.2) is 69.6 Å². The van der Waals surface area contributed by atoms with Crippen LogP contribution in [-0.4, -0.2) is 0 Å². The Hall–Kier alpha value is -1.16. The van der Waals surface area contributed by atoms with Crippen LogP contribution in [0.3, 0.4) is 0 Å². The van der Waals surface area contributed by atoms with Crippen LogP contribution in [0.2, 0.25) is 0 Å². The number of fused-ring (bicyclic) bond motifs is 1. The van der Waals surface area contributed by atoms with Gasteiger partial charge in [0.05, 0.1) is 0 Å². The van der Waals surface area contributed by atoms with E-state index in [0.717, 1.165) is 20.9 Å². The fraction of sp³-hybridized carbons (Fsp3) is 0.111. The second-order valence-corrected chi connectivity index (χ2v) is 6.88. The number of halogens is 2. The molecule has 0 aliphatic heterocycles. The van der Waals surface area contributed by atoms with Crippen LogP contribution in [-0.2, 0) is 6.42 Å². The second-order valence-electron chi connectivity index (χ2n) is 5.11. The van der Waals surface area contributed by atoms with E-state index in [2.05, 4.69) is 80.4 Å². The number of rotatable bonds is 3. The van der Waals surface area contributed by atoms with Crippen molar-refractivity contribution >= 4 is 42.6 Å². The van der Waals surface area contributed by atoms with Crippen molar-refractivity contribution in [2.24, 2.45) is 5.73 Å². The van der Waals surface area contributed by atoms with Crippen molar-refractivity contribution in [3.63, 3.8) is 0 Å². The van der Waals surface area contributed by atoms with Crippen LogP contribution in [0.4, 0.5) is 0 Å². The molecule has 0 saturated carbocycles. The maximum absolute atomic E-state index is 6.44. The van der Waals surface area contributed by atoms with Gasteiger partial charge >= 0.3 is 0 Å². The number of benzene rings is 3. The highest BCUT2D eigenvalue weighted by Gasteiger charge is 2.12. The summed E-state index contributed by atoms with van der Waals surface area (Å²) in [7, 11) is 0. The molecule has 21 heavy (non-hydrogen) atoms. The average Bonchev–Trinajstić information content (AvgIpc) is 2.50. The standard InChI is InChI=1S/C18H15Br2N/c19-14-8-9-17(20)16(11-14)18(21)10-13-6-3-5-12-4-1-2-7-15(12)13/h1-9,11,18H,10,21H2. The molecule has 0 spiro atoms. The van der Waals surface area contributed by atoms with Gasteiger partial charge < -0.3 is 5.73 Å². The molecule has 0 heterocycles. The zero-order valence-electron chi connectivity index (χ0n) is 11.4. The Morgan fingerprint density at radius 1 is 0.905 bits per heavy atom. The Morgan fingerprint density at radius 2 is 1.67 bits per heavy atom. The highest BCUT2D eigenvalue weighted by Crippen LogP contribution is 2.29. The molecule has 0 aromatic heterocycles. The van der Waals surface area contributed by atoms with Gasteiger partial charge in [0.2, 0.25) is 0 Å². The molecule has 0 saturated heterocycles. The monoisotopic (exact) mass is 403 g/mol. The molecule has 0 amide bonds. The topological polar surface area (TPSA) is 26.0 Å². The van der Waals surface area contributed by atoms with Crippen LogP contribution >= 0.6 is 31.9 Å². The fourth-order valence-electron chi connectivity index (χ4n) is 2.62. The highest BCUT2D eigenvalue weighted by atomic mass is 79.9. The van der Waals surface area contributed by atoms with Crippen molar-refractivity contribution in [1.29, 1.82) is 0 Å². The molecule has 1 unspecified atom stereocenters. The molecule has 106 valence electrons. The summed E-state index contributed by atoms with van der Waals surface area (Å²) in [5, 5.41) is 2.54. The zero-order valence-corrected chi connectivity index (χ0v) is 14.6. The summed E-state index contributed by atoms with van der Waals surface area (Å²) in [6.07, 6.45) is 0.816. The molecular formula is C18H15Br2N. The van der Waals surface area contributed by atoms with Gasteiger partial charge in [-0.2, -0.15) is 0 Å². The summed E-state index contributed by atoms with van der Waals surface area (Å²) in [5.74, 6) is 0. The normalized spacial score (nSPS) is 12.5. The Kier molecular flexibility index (Phi) is 4.43. The summed E-state index contributed by atoms with van der Waals surface area (Å²) < 4.78 is 2.10. The van der Waals surface area contributed by atoms with Crippen molar-refractivity contribution in [2.75, 3.05) is 0 Å². The third kappa shape index (κ3) is 3.20. The van der Waals surface area contributed by atoms with Gasteiger partial charge in [-0.1, -0.05) is 74.3 Å². The van der Waals surface area contributed by atoms with Gasteiger partial charge in [-0.15, -0.1) is 0 Å². The first-order valence-corrected chi connectivity index (χ1v) is 8.41. The van der Waals surface area contributed by atoms with Gasteiger partial charge in [-0.05, 0) is 46.5 Å². The zero-order chi connectivity index (χ0) is 14.8. The van der Waals surface area contributed by atoms with E-state index in [0.29, 0.717) is 0 Å². The Morgan fingerprint density at radius 3 is 2.52 bits per heavy atom. The molecule has 0 bridgehead atoms. The smallest absolute Gasteiger partial charge is 0.0347 e. The SMILES string of the molecule is NC(Cc1cccc2ccccc12)c1cc(Br)ccc1Br. The van der Waals surface area contributed by atoms with Crippen molar-refractivity contribution in [3.8, 4) is 0 Å². The van der Waals surface area contributed by atoms with Crippen LogP contribution in [0.5, 0.6) is 0 Å². The van der Waals surface area contributed by atoms with E-state index in [1.807, 2.05) is 12.1 Å². The largest absolute Gasteiger partial charge is 0.324 e. The lowest BCUT2D eigenvalue weighted by molar-refractivity contribution is 0.721. The minimum absolute atomic E-state index is 0.0392. The van der Waals surface area contributed by atoms with Crippen molar-refractivity contribution in [1.82, 2.24) is 0 Å². The summed E-state index contributed by atoms with van der Waals surface area (Å²) in [4.78, 5) is 0. The first-order valence-electron chi connectivity index (χ1n) is 6.82. The quantitative estimate of drug-likeness (QED) is 0.603. The predicted octanol–water partition coefficient (Wildman–Crippen LogP) is 5.61. The number of hydrogen-bond acceptors (Lipinski definition) is 1. The van der Waals surface area contributed by atoms with Gasteiger partial charge in [0.1, 0.15) is 0 Å². The Labute approximate surface area is 141 Å². The van der Waals surface area contributed by atoms with Gasteiger partial charge in [0.25, 0.3) is 0 Å². The molecule has 0 aliphatic rings. The summed E-state index contributed by atoms with van der Waals surface area (Å²) >= 11 is 7.11. The first-order chi connectivity index (χ1) is 10.1. The Balaban J connectivity index is 1.96. The molecule has 0 aliphatic carbocycles. The van der Waals surface area contributed by atoms with E-state index >= 15 is 0 Å². The summed E-state index contributed by atoms with van der Waals surface area (Å²) in [6, 6.07) is 20.9. The lowest BCUT2D eigenvalue weighted by Crippen LogP contribution is -2.14.